The molecule has 1 saturated carbocycles. The van der Waals surface area contributed by atoms with E-state index in [0.717, 1.165) is 18.6 Å². The van der Waals surface area contributed by atoms with Crippen molar-refractivity contribution in [3.63, 3.8) is 0 Å². The first-order valence-corrected chi connectivity index (χ1v) is 5.95. The summed E-state index contributed by atoms with van der Waals surface area (Å²) in [5.74, 6) is 1.53. The van der Waals surface area contributed by atoms with Crippen LogP contribution in [0.2, 0.25) is 0 Å². The van der Waals surface area contributed by atoms with Gasteiger partial charge in [0.2, 0.25) is 0 Å². The molecule has 0 saturated heterocycles. The van der Waals surface area contributed by atoms with Crippen LogP contribution in [-0.4, -0.2) is 13.4 Å². The lowest BCUT2D eigenvalue weighted by molar-refractivity contribution is 0.112. The van der Waals surface area contributed by atoms with E-state index in [0.29, 0.717) is 11.3 Å². The minimum atomic E-state index is 0.637. The molecular formula is C14H18O2. The Morgan fingerprint density at radius 1 is 1.38 bits per heavy atom. The molecule has 1 aromatic rings. The van der Waals surface area contributed by atoms with Crippen molar-refractivity contribution in [3.8, 4) is 5.75 Å². The van der Waals surface area contributed by atoms with Gasteiger partial charge in [0.1, 0.15) is 5.75 Å². The van der Waals surface area contributed by atoms with E-state index in [2.05, 4.69) is 0 Å². The summed E-state index contributed by atoms with van der Waals surface area (Å²) >= 11 is 0. The molecule has 0 heterocycles. The molecule has 0 unspecified atom stereocenters. The first-order chi connectivity index (χ1) is 7.83. The zero-order valence-electron chi connectivity index (χ0n) is 9.74. The summed E-state index contributed by atoms with van der Waals surface area (Å²) in [5, 5.41) is 0. The summed E-state index contributed by atoms with van der Waals surface area (Å²) in [7, 11) is 1.61. The fourth-order valence-corrected chi connectivity index (χ4v) is 2.53. The van der Waals surface area contributed by atoms with Gasteiger partial charge in [0.15, 0.2) is 6.29 Å². The van der Waals surface area contributed by atoms with Gasteiger partial charge >= 0.3 is 0 Å². The molecule has 1 aliphatic rings. The second-order valence-corrected chi connectivity index (χ2v) is 4.55. The summed E-state index contributed by atoms with van der Waals surface area (Å²) in [6, 6.07) is 5.91. The normalized spacial score (nSPS) is 16.3. The van der Waals surface area contributed by atoms with Crippen molar-refractivity contribution in [2.45, 2.75) is 32.1 Å². The lowest BCUT2D eigenvalue weighted by atomic mass is 9.97. The van der Waals surface area contributed by atoms with Crippen molar-refractivity contribution in [1.29, 1.82) is 0 Å². The average Bonchev–Trinajstić information content (AvgIpc) is 2.81. The Morgan fingerprint density at radius 2 is 2.12 bits per heavy atom. The molecule has 0 aliphatic heterocycles. The second kappa shape index (κ2) is 5.15. The smallest absolute Gasteiger partial charge is 0.153 e. The van der Waals surface area contributed by atoms with Crippen molar-refractivity contribution < 1.29 is 9.53 Å². The fourth-order valence-electron chi connectivity index (χ4n) is 2.53. The van der Waals surface area contributed by atoms with Gasteiger partial charge in [-0.2, -0.15) is 0 Å². The van der Waals surface area contributed by atoms with Crippen LogP contribution < -0.4 is 4.74 Å². The van der Waals surface area contributed by atoms with E-state index < -0.39 is 0 Å². The highest BCUT2D eigenvalue weighted by Gasteiger charge is 2.16. The molecule has 2 nitrogen and oxygen atoms in total. The Bertz CT molecular complexity index is 365. The number of rotatable bonds is 4. The number of carbonyl (C=O) groups excluding carboxylic acids is 1. The second-order valence-electron chi connectivity index (χ2n) is 4.55. The van der Waals surface area contributed by atoms with E-state index in [1.807, 2.05) is 18.2 Å². The maximum absolute atomic E-state index is 10.8. The summed E-state index contributed by atoms with van der Waals surface area (Å²) < 4.78 is 5.21. The molecule has 2 heteroatoms. The first kappa shape index (κ1) is 11.2. The molecule has 0 N–H and O–H groups in total. The van der Waals surface area contributed by atoms with Gasteiger partial charge in [-0.1, -0.05) is 31.7 Å². The topological polar surface area (TPSA) is 26.3 Å². The third-order valence-electron chi connectivity index (χ3n) is 3.42. The Morgan fingerprint density at radius 3 is 2.75 bits per heavy atom. The Kier molecular flexibility index (Phi) is 3.60. The lowest BCUT2D eigenvalue weighted by Crippen LogP contribution is -2.00. The number of aldehydes is 1. The van der Waals surface area contributed by atoms with Gasteiger partial charge in [0.05, 0.1) is 12.7 Å². The summed E-state index contributed by atoms with van der Waals surface area (Å²) in [6.07, 6.45) is 7.39. The van der Waals surface area contributed by atoms with Gasteiger partial charge in [-0.3, -0.25) is 4.79 Å². The quantitative estimate of drug-likeness (QED) is 0.725. The third kappa shape index (κ3) is 2.43. The largest absolute Gasteiger partial charge is 0.496 e. The summed E-state index contributed by atoms with van der Waals surface area (Å²) in [6.45, 7) is 0. The van der Waals surface area contributed by atoms with Gasteiger partial charge in [-0.15, -0.1) is 0 Å². The molecule has 86 valence electrons. The molecular weight excluding hydrogens is 200 g/mol. The van der Waals surface area contributed by atoms with Crippen LogP contribution in [0.5, 0.6) is 5.75 Å². The van der Waals surface area contributed by atoms with Crippen LogP contribution in [0.3, 0.4) is 0 Å². The molecule has 0 radical (unpaired) electrons. The Balaban J connectivity index is 2.12. The van der Waals surface area contributed by atoms with Gasteiger partial charge in [-0.25, -0.2) is 0 Å². The average molecular weight is 218 g/mol. The number of carbonyl (C=O) groups is 1. The number of hydrogen-bond acceptors (Lipinski definition) is 2. The van der Waals surface area contributed by atoms with Crippen LogP contribution in [0.15, 0.2) is 18.2 Å². The molecule has 1 aliphatic carbocycles. The maximum Gasteiger partial charge on any atom is 0.153 e. The lowest BCUT2D eigenvalue weighted by Gasteiger charge is -2.11. The zero-order valence-corrected chi connectivity index (χ0v) is 9.74. The minimum Gasteiger partial charge on any atom is -0.496 e. The molecule has 0 bridgehead atoms. The van der Waals surface area contributed by atoms with Crippen LogP contribution in [0.25, 0.3) is 0 Å². The van der Waals surface area contributed by atoms with Crippen molar-refractivity contribution in [2.24, 2.45) is 5.92 Å². The highest BCUT2D eigenvalue weighted by Crippen LogP contribution is 2.29. The summed E-state index contributed by atoms with van der Waals surface area (Å²) in [4.78, 5) is 10.8. The molecule has 0 aromatic heterocycles. The van der Waals surface area contributed by atoms with E-state index in [1.54, 1.807) is 7.11 Å². The predicted octanol–water partition coefficient (Wildman–Crippen LogP) is 3.24. The fraction of sp³-hybridized carbons (Fsp3) is 0.500. The van der Waals surface area contributed by atoms with Crippen LogP contribution in [0, 0.1) is 5.92 Å². The van der Waals surface area contributed by atoms with Crippen molar-refractivity contribution in [2.75, 3.05) is 7.11 Å². The molecule has 0 atom stereocenters. The first-order valence-electron chi connectivity index (χ1n) is 5.95. The van der Waals surface area contributed by atoms with Crippen LogP contribution in [0.4, 0.5) is 0 Å². The zero-order chi connectivity index (χ0) is 11.4. The molecule has 2 rings (SSSR count). The predicted molar refractivity (Wildman–Crippen MR) is 64.0 cm³/mol. The van der Waals surface area contributed by atoms with Crippen molar-refractivity contribution >= 4 is 6.29 Å². The van der Waals surface area contributed by atoms with E-state index in [-0.39, 0.29) is 0 Å². The molecule has 1 fully saturated rings. The standard InChI is InChI=1S/C14H18O2/c1-16-14-9-12(6-7-13(14)10-15)8-11-4-2-3-5-11/h6-7,9-11H,2-5,8H2,1H3. The van der Waals surface area contributed by atoms with Gasteiger partial charge in [-0.05, 0) is 30.0 Å². The third-order valence-corrected chi connectivity index (χ3v) is 3.42. The van der Waals surface area contributed by atoms with Crippen LogP contribution in [-0.2, 0) is 6.42 Å². The minimum absolute atomic E-state index is 0.637. The monoisotopic (exact) mass is 218 g/mol. The van der Waals surface area contributed by atoms with Crippen LogP contribution in [0.1, 0.15) is 41.6 Å². The van der Waals surface area contributed by atoms with Gasteiger partial charge < -0.3 is 4.74 Å². The maximum atomic E-state index is 10.8. The van der Waals surface area contributed by atoms with E-state index in [9.17, 15) is 4.79 Å². The highest BCUT2D eigenvalue weighted by atomic mass is 16.5. The van der Waals surface area contributed by atoms with Crippen molar-refractivity contribution in [1.82, 2.24) is 0 Å². The van der Waals surface area contributed by atoms with Gasteiger partial charge in [0.25, 0.3) is 0 Å². The molecule has 1 aromatic carbocycles. The number of hydrogen-bond donors (Lipinski definition) is 0. The SMILES string of the molecule is COc1cc(CC2CCCC2)ccc1C=O. The van der Waals surface area contributed by atoms with E-state index in [1.165, 1.54) is 31.2 Å². The highest BCUT2D eigenvalue weighted by molar-refractivity contribution is 5.79. The Hall–Kier alpha value is -1.31. The Labute approximate surface area is 96.6 Å². The van der Waals surface area contributed by atoms with E-state index in [4.69, 9.17) is 4.74 Å². The molecule has 16 heavy (non-hydrogen) atoms. The molecule has 0 spiro atoms. The van der Waals surface area contributed by atoms with Crippen molar-refractivity contribution in [3.05, 3.63) is 29.3 Å². The number of ether oxygens (including phenoxy) is 1. The van der Waals surface area contributed by atoms with Crippen LogP contribution >= 0.6 is 0 Å². The summed E-state index contributed by atoms with van der Waals surface area (Å²) in [5.41, 5.74) is 1.92. The number of benzene rings is 1. The van der Waals surface area contributed by atoms with Gasteiger partial charge in [0, 0.05) is 0 Å². The van der Waals surface area contributed by atoms with E-state index >= 15 is 0 Å². The number of methoxy groups -OCH3 is 1. The molecule has 0 amide bonds.